The molecule has 3 fully saturated rings. The number of fused-ring (bicyclic) bond motifs is 3. The normalized spacial score (nSPS) is 51.0. The summed E-state index contributed by atoms with van der Waals surface area (Å²) in [5, 5.41) is 21.8. The van der Waals surface area contributed by atoms with Gasteiger partial charge in [-0.1, -0.05) is 19.1 Å². The van der Waals surface area contributed by atoms with E-state index in [2.05, 4.69) is 31.4 Å². The Balaban J connectivity index is 1.73. The fourth-order valence-corrected chi connectivity index (χ4v) is 8.23. The quantitative estimate of drug-likeness (QED) is 0.684. The smallest absolute Gasteiger partial charge is 0.147 e. The number of nitriles is 1. The molecule has 1 heterocycles. The lowest BCUT2D eigenvalue weighted by molar-refractivity contribution is -0.266. The lowest BCUT2D eigenvalue weighted by atomic mass is 9.46. The molecule has 1 saturated heterocycles. The van der Waals surface area contributed by atoms with E-state index < -0.39 is 5.60 Å². The molecule has 1 N–H and O–H groups in total. The van der Waals surface area contributed by atoms with Gasteiger partial charge in [0.15, 0.2) is 0 Å². The Morgan fingerprint density at radius 2 is 2.15 bits per heavy atom. The summed E-state index contributed by atoms with van der Waals surface area (Å²) in [6.45, 7) is 3.18. The molecule has 0 aromatic rings. The average Bonchev–Trinajstić information content (AvgIpc) is 2.96. The SMILES string of the molecule is CSC1=C2[C@@H](CC[C@]34CCC=C[C@]23COCO4)[C@@]2(O)CC[C@H](C#N)[C@@]2(C)C1. The number of hydrogen-bond acceptors (Lipinski definition) is 5. The molecule has 0 bridgehead atoms. The lowest BCUT2D eigenvalue weighted by Gasteiger charge is -2.64. The molecule has 0 aromatic carbocycles. The summed E-state index contributed by atoms with van der Waals surface area (Å²) in [5.41, 5.74) is -0.238. The zero-order chi connectivity index (χ0) is 18.9. The molecule has 1 aliphatic heterocycles. The molecule has 2 saturated carbocycles. The van der Waals surface area contributed by atoms with Gasteiger partial charge in [-0.2, -0.15) is 5.26 Å². The van der Waals surface area contributed by atoms with Crippen molar-refractivity contribution in [3.63, 3.8) is 0 Å². The van der Waals surface area contributed by atoms with Crippen LogP contribution in [0, 0.1) is 34.0 Å². The second-order valence-electron chi connectivity index (χ2n) is 9.39. The minimum Gasteiger partial charge on any atom is -0.389 e. The van der Waals surface area contributed by atoms with Crippen LogP contribution in [0.2, 0.25) is 0 Å². The summed E-state index contributed by atoms with van der Waals surface area (Å²) in [5.74, 6) is 0.0226. The highest BCUT2D eigenvalue weighted by molar-refractivity contribution is 8.02. The third kappa shape index (κ3) is 2.01. The predicted molar refractivity (Wildman–Crippen MR) is 105 cm³/mol. The van der Waals surface area contributed by atoms with Crippen molar-refractivity contribution in [3.05, 3.63) is 22.6 Å². The first-order valence-electron chi connectivity index (χ1n) is 10.3. The van der Waals surface area contributed by atoms with Gasteiger partial charge in [0.25, 0.3) is 0 Å². The molecular formula is C22H29NO3S. The van der Waals surface area contributed by atoms with E-state index in [1.807, 2.05) is 11.8 Å². The number of thioether (sulfide) groups is 1. The van der Waals surface area contributed by atoms with Crippen LogP contribution in [-0.4, -0.2) is 36.0 Å². The fourth-order valence-electron chi connectivity index (χ4n) is 7.24. The van der Waals surface area contributed by atoms with Crippen LogP contribution in [-0.2, 0) is 9.47 Å². The van der Waals surface area contributed by atoms with E-state index >= 15 is 0 Å². The molecule has 0 aromatic heterocycles. The monoisotopic (exact) mass is 387 g/mol. The van der Waals surface area contributed by atoms with Crippen LogP contribution >= 0.6 is 11.8 Å². The molecule has 0 amide bonds. The van der Waals surface area contributed by atoms with Gasteiger partial charge >= 0.3 is 0 Å². The predicted octanol–water partition coefficient (Wildman–Crippen LogP) is 4.17. The molecule has 0 radical (unpaired) electrons. The van der Waals surface area contributed by atoms with Gasteiger partial charge in [-0.25, -0.2) is 0 Å². The molecular weight excluding hydrogens is 358 g/mol. The molecule has 4 nitrogen and oxygen atoms in total. The molecule has 5 rings (SSSR count). The number of aliphatic hydroxyl groups is 1. The first-order chi connectivity index (χ1) is 13.0. The van der Waals surface area contributed by atoms with Crippen molar-refractivity contribution in [2.45, 2.75) is 63.1 Å². The second kappa shape index (κ2) is 5.86. The van der Waals surface area contributed by atoms with Gasteiger partial charge in [0.1, 0.15) is 6.79 Å². The maximum atomic E-state index is 12.1. The van der Waals surface area contributed by atoms with Gasteiger partial charge in [-0.05, 0) is 61.7 Å². The van der Waals surface area contributed by atoms with Crippen molar-refractivity contribution in [1.82, 2.24) is 0 Å². The maximum absolute atomic E-state index is 12.1. The molecule has 0 spiro atoms. The first-order valence-corrected chi connectivity index (χ1v) is 11.5. The van der Waals surface area contributed by atoms with Gasteiger partial charge in [0.05, 0.1) is 35.2 Å². The zero-order valence-corrected chi connectivity index (χ0v) is 17.1. The Hall–Kier alpha value is -0.800. The minimum atomic E-state index is -0.800. The molecule has 146 valence electrons. The van der Waals surface area contributed by atoms with Crippen molar-refractivity contribution in [2.75, 3.05) is 19.7 Å². The third-order valence-electron chi connectivity index (χ3n) is 8.72. The summed E-state index contributed by atoms with van der Waals surface area (Å²) in [4.78, 5) is 1.36. The summed E-state index contributed by atoms with van der Waals surface area (Å²) in [6, 6.07) is 2.52. The van der Waals surface area contributed by atoms with Crippen LogP contribution in [0.3, 0.4) is 0 Å². The molecule has 6 atom stereocenters. The maximum Gasteiger partial charge on any atom is 0.147 e. The minimum absolute atomic E-state index is 0.0730. The molecule has 0 unspecified atom stereocenters. The zero-order valence-electron chi connectivity index (χ0n) is 16.3. The number of rotatable bonds is 1. The molecule has 27 heavy (non-hydrogen) atoms. The third-order valence-corrected chi connectivity index (χ3v) is 9.58. The number of allylic oxidation sites excluding steroid dienone is 2. The van der Waals surface area contributed by atoms with Gasteiger partial charge in [0.2, 0.25) is 0 Å². The number of ether oxygens (including phenoxy) is 2. The highest BCUT2D eigenvalue weighted by Gasteiger charge is 2.70. The van der Waals surface area contributed by atoms with E-state index in [0.717, 1.165) is 44.9 Å². The molecule has 4 aliphatic carbocycles. The van der Waals surface area contributed by atoms with Crippen LogP contribution in [0.25, 0.3) is 0 Å². The van der Waals surface area contributed by atoms with E-state index in [1.165, 1.54) is 10.5 Å². The van der Waals surface area contributed by atoms with Crippen LogP contribution in [0.15, 0.2) is 22.6 Å². The molecule has 5 heteroatoms. The first kappa shape index (κ1) is 18.2. The Morgan fingerprint density at radius 1 is 1.30 bits per heavy atom. The number of hydrogen-bond donors (Lipinski definition) is 1. The van der Waals surface area contributed by atoms with E-state index in [1.54, 1.807) is 0 Å². The van der Waals surface area contributed by atoms with Gasteiger partial charge in [-0.15, -0.1) is 11.8 Å². The van der Waals surface area contributed by atoms with E-state index in [-0.39, 0.29) is 28.3 Å². The number of nitrogens with zero attached hydrogens (tertiary/aromatic N) is 1. The van der Waals surface area contributed by atoms with Gasteiger partial charge in [0, 0.05) is 11.3 Å². The summed E-state index contributed by atoms with van der Waals surface area (Å²) >= 11 is 1.81. The van der Waals surface area contributed by atoms with Crippen LogP contribution in [0.5, 0.6) is 0 Å². The highest BCUT2D eigenvalue weighted by Crippen LogP contribution is 2.70. The van der Waals surface area contributed by atoms with Crippen molar-refractivity contribution < 1.29 is 14.6 Å². The largest absolute Gasteiger partial charge is 0.389 e. The summed E-state index contributed by atoms with van der Waals surface area (Å²) in [6.07, 6.45) is 13.1. The van der Waals surface area contributed by atoms with Gasteiger partial charge < -0.3 is 14.6 Å². The van der Waals surface area contributed by atoms with Crippen molar-refractivity contribution in [3.8, 4) is 6.07 Å². The Kier molecular flexibility index (Phi) is 3.96. The highest BCUT2D eigenvalue weighted by atomic mass is 32.2. The lowest BCUT2D eigenvalue weighted by Crippen LogP contribution is -2.66. The van der Waals surface area contributed by atoms with Crippen molar-refractivity contribution >= 4 is 11.8 Å². The Morgan fingerprint density at radius 3 is 2.93 bits per heavy atom. The van der Waals surface area contributed by atoms with E-state index in [4.69, 9.17) is 9.47 Å². The second-order valence-corrected chi connectivity index (χ2v) is 10.3. The van der Waals surface area contributed by atoms with Crippen molar-refractivity contribution in [2.24, 2.45) is 22.7 Å². The average molecular weight is 388 g/mol. The van der Waals surface area contributed by atoms with E-state index in [9.17, 15) is 10.4 Å². The summed E-state index contributed by atoms with van der Waals surface area (Å²) < 4.78 is 12.3. The fraction of sp³-hybridized carbons (Fsp3) is 0.773. The van der Waals surface area contributed by atoms with Crippen LogP contribution in [0.1, 0.15) is 51.9 Å². The summed E-state index contributed by atoms with van der Waals surface area (Å²) in [7, 11) is 0. The van der Waals surface area contributed by atoms with Crippen LogP contribution < -0.4 is 0 Å². The Labute approximate surface area is 166 Å². The molecule has 5 aliphatic rings. The van der Waals surface area contributed by atoms with Crippen molar-refractivity contribution in [1.29, 1.82) is 5.26 Å². The van der Waals surface area contributed by atoms with Gasteiger partial charge in [-0.3, -0.25) is 0 Å². The van der Waals surface area contributed by atoms with E-state index in [0.29, 0.717) is 13.4 Å². The standard InChI is InChI=1S/C22H29NO3S/c1-19-11-17(27-2)18-16(22(19,24)10-5-15(19)12-23)6-9-21-8-4-3-7-20(18,21)13-25-14-26-21/h3,7,15-16,24H,4-6,8-11,13-14H2,1-2H3/t15-,16-,19-,20+,21-,22+/m1/s1. The topological polar surface area (TPSA) is 62.5 Å². The Bertz CT molecular complexity index is 772. The van der Waals surface area contributed by atoms with Crippen LogP contribution in [0.4, 0.5) is 0 Å².